The summed E-state index contributed by atoms with van der Waals surface area (Å²) in [5.74, 6) is 2.10. The lowest BCUT2D eigenvalue weighted by molar-refractivity contribution is -0.224. The van der Waals surface area contributed by atoms with Crippen molar-refractivity contribution >= 4 is 35.1 Å². The van der Waals surface area contributed by atoms with Crippen LogP contribution in [0.5, 0.6) is 5.75 Å². The molecule has 3 aliphatic heterocycles. The predicted molar refractivity (Wildman–Crippen MR) is 177 cm³/mol. The number of aliphatic hydroxyl groups excluding tert-OH is 1. The molecule has 2 aromatic rings. The number of ether oxygens (including phenoxy) is 3. The van der Waals surface area contributed by atoms with Crippen LogP contribution in [0, 0.1) is 17.8 Å². The molecule has 240 valence electrons. The van der Waals surface area contributed by atoms with Crippen LogP contribution in [0.25, 0.3) is 0 Å². The van der Waals surface area contributed by atoms with Gasteiger partial charge in [-0.3, -0.25) is 9.52 Å². The fourth-order valence-corrected chi connectivity index (χ4v) is 8.41. The van der Waals surface area contributed by atoms with Crippen LogP contribution in [0.2, 0.25) is 5.02 Å². The molecule has 2 N–H and O–H groups in total. The lowest BCUT2D eigenvalue weighted by atomic mass is 9.65. The molecule has 44 heavy (non-hydrogen) atoms. The second-order valence-corrected chi connectivity index (χ2v) is 14.7. The zero-order chi connectivity index (χ0) is 30.6. The number of fused-ring (bicyclic) bond motifs is 2. The van der Waals surface area contributed by atoms with Crippen molar-refractivity contribution in [1.82, 2.24) is 4.72 Å². The molecule has 7 nitrogen and oxygen atoms in total. The highest BCUT2D eigenvalue weighted by atomic mass is 35.5. The normalized spacial score (nSPS) is 30.4. The third kappa shape index (κ3) is 7.20. The first-order chi connectivity index (χ1) is 21.4. The summed E-state index contributed by atoms with van der Waals surface area (Å²) in [6.45, 7) is 7.93. The van der Waals surface area contributed by atoms with Gasteiger partial charge in [0.25, 0.3) is 5.91 Å². The number of carbonyl (C=O) groups is 1. The first-order valence-electron chi connectivity index (χ1n) is 16.6. The molecule has 0 aromatic heterocycles. The van der Waals surface area contributed by atoms with Gasteiger partial charge in [-0.05, 0) is 111 Å². The predicted octanol–water partition coefficient (Wildman–Crippen LogP) is 6.99. The molecule has 1 aliphatic carbocycles. The standard InChI is InChI=1S/C35H47ClN2O5S/c1-3-6-23-17-27(36)11-13-28(23)26-20-38-19-25-9-12-29(25)30(35-41-15-5-16-42-35)7-4-8-32(39)22(2)44-37-34(40)24-10-14-33(43-21-26)31(38)18-24/h10-11,13-14,17-18,22,25-26,29-30,32,35,39H,3-9,12,15-16,19-21H2,1-2H3,(H,37,40). The summed E-state index contributed by atoms with van der Waals surface area (Å²) in [6, 6.07) is 12.1. The van der Waals surface area contributed by atoms with E-state index < -0.39 is 6.10 Å². The van der Waals surface area contributed by atoms with Crippen LogP contribution >= 0.6 is 23.5 Å². The van der Waals surface area contributed by atoms with Gasteiger partial charge < -0.3 is 24.2 Å². The van der Waals surface area contributed by atoms with E-state index in [1.54, 1.807) is 0 Å². The van der Waals surface area contributed by atoms with E-state index in [-0.39, 0.29) is 23.4 Å². The summed E-state index contributed by atoms with van der Waals surface area (Å²) in [5.41, 5.74) is 4.16. The maximum absolute atomic E-state index is 13.3. The van der Waals surface area contributed by atoms with Crippen molar-refractivity contribution in [3.05, 3.63) is 58.1 Å². The number of amides is 1. The van der Waals surface area contributed by atoms with Crippen LogP contribution in [0.4, 0.5) is 5.69 Å². The summed E-state index contributed by atoms with van der Waals surface area (Å²) in [4.78, 5) is 15.8. The number of benzene rings is 2. The van der Waals surface area contributed by atoms with Gasteiger partial charge in [-0.15, -0.1) is 0 Å². The number of hydrogen-bond donors (Lipinski definition) is 2. The molecule has 1 saturated carbocycles. The van der Waals surface area contributed by atoms with Crippen molar-refractivity contribution in [3.8, 4) is 5.75 Å². The summed E-state index contributed by atoms with van der Waals surface area (Å²) in [7, 11) is 0. The highest BCUT2D eigenvalue weighted by molar-refractivity contribution is 7.98. The first kappa shape index (κ1) is 32.0. The van der Waals surface area contributed by atoms with Gasteiger partial charge >= 0.3 is 0 Å². The van der Waals surface area contributed by atoms with E-state index >= 15 is 0 Å². The quantitative estimate of drug-likeness (QED) is 0.348. The van der Waals surface area contributed by atoms with Gasteiger partial charge in [-0.25, -0.2) is 0 Å². The number of hydrogen-bond acceptors (Lipinski definition) is 7. The van der Waals surface area contributed by atoms with E-state index in [0.29, 0.717) is 36.3 Å². The number of nitrogens with zero attached hydrogens (tertiary/aromatic N) is 1. The SMILES string of the molecule is CCCc1cc(Cl)ccc1C1COc2ccc3cc2N(C1)CC1CCC1C(C1OCCCO1)CCCC(O)C(C)SNC3=O. The van der Waals surface area contributed by atoms with E-state index in [9.17, 15) is 9.90 Å². The summed E-state index contributed by atoms with van der Waals surface area (Å²) >= 11 is 7.74. The molecule has 6 rings (SSSR count). The molecule has 6 atom stereocenters. The van der Waals surface area contributed by atoms with Gasteiger partial charge in [-0.2, -0.15) is 0 Å². The molecule has 9 heteroatoms. The van der Waals surface area contributed by atoms with Crippen molar-refractivity contribution < 1.29 is 24.1 Å². The van der Waals surface area contributed by atoms with E-state index in [1.807, 2.05) is 31.2 Å². The van der Waals surface area contributed by atoms with Crippen molar-refractivity contribution in [1.29, 1.82) is 0 Å². The Hall–Kier alpha value is -1.97. The number of aliphatic hydroxyl groups is 1. The van der Waals surface area contributed by atoms with Crippen molar-refractivity contribution in [2.45, 2.75) is 88.8 Å². The van der Waals surface area contributed by atoms with E-state index in [1.165, 1.54) is 23.1 Å². The first-order valence-corrected chi connectivity index (χ1v) is 17.8. The minimum absolute atomic E-state index is 0.123. The summed E-state index contributed by atoms with van der Waals surface area (Å²) in [5, 5.41) is 11.6. The molecule has 3 heterocycles. The molecular formula is C35H47ClN2O5S. The van der Waals surface area contributed by atoms with Crippen molar-refractivity contribution in [2.24, 2.45) is 17.8 Å². The largest absolute Gasteiger partial charge is 0.491 e. The fourth-order valence-electron chi connectivity index (χ4n) is 7.51. The van der Waals surface area contributed by atoms with Crippen LogP contribution in [0.15, 0.2) is 36.4 Å². The van der Waals surface area contributed by atoms with Gasteiger partial charge in [0, 0.05) is 40.8 Å². The van der Waals surface area contributed by atoms with Gasteiger partial charge in [0.15, 0.2) is 6.29 Å². The maximum Gasteiger partial charge on any atom is 0.261 e. The average molecular weight is 643 g/mol. The fraction of sp³-hybridized carbons (Fsp3) is 0.629. The number of nitrogens with one attached hydrogen (secondary N) is 1. The number of halogens is 1. The Morgan fingerprint density at radius 1 is 1.02 bits per heavy atom. The van der Waals surface area contributed by atoms with Gasteiger partial charge in [-0.1, -0.05) is 37.4 Å². The summed E-state index contributed by atoms with van der Waals surface area (Å²) in [6.07, 6.45) is 7.15. The molecule has 6 unspecified atom stereocenters. The van der Waals surface area contributed by atoms with E-state index in [0.717, 1.165) is 87.7 Å². The monoisotopic (exact) mass is 642 g/mol. The van der Waals surface area contributed by atoms with Crippen LogP contribution in [-0.4, -0.2) is 61.6 Å². The third-order valence-corrected chi connectivity index (χ3v) is 11.3. The number of aryl methyl sites for hydroxylation is 1. The van der Waals surface area contributed by atoms with Gasteiger partial charge in [0.2, 0.25) is 0 Å². The number of carbonyl (C=O) groups excluding carboxylic acids is 1. The molecule has 2 bridgehead atoms. The molecule has 2 aromatic carbocycles. The minimum Gasteiger partial charge on any atom is -0.491 e. The van der Waals surface area contributed by atoms with Gasteiger partial charge in [0.05, 0.1) is 31.6 Å². The second-order valence-electron chi connectivity index (χ2n) is 13.1. The summed E-state index contributed by atoms with van der Waals surface area (Å²) < 4.78 is 21.9. The minimum atomic E-state index is -0.502. The Morgan fingerprint density at radius 3 is 2.64 bits per heavy atom. The number of anilines is 1. The lowest BCUT2D eigenvalue weighted by Gasteiger charge is -2.47. The molecule has 0 radical (unpaired) electrons. The maximum atomic E-state index is 13.3. The molecule has 1 saturated heterocycles. The Labute approximate surface area is 271 Å². The van der Waals surface area contributed by atoms with Crippen LogP contribution < -0.4 is 14.4 Å². The Bertz CT molecular complexity index is 1290. The molecule has 1 amide bonds. The third-order valence-electron chi connectivity index (χ3n) is 10.1. The lowest BCUT2D eigenvalue weighted by Crippen LogP contribution is -2.47. The zero-order valence-corrected chi connectivity index (χ0v) is 27.6. The molecular weight excluding hydrogens is 596 g/mol. The average Bonchev–Trinajstić information content (AvgIpc) is 3.20. The molecule has 4 aliphatic rings. The van der Waals surface area contributed by atoms with E-state index in [4.69, 9.17) is 25.8 Å². The van der Waals surface area contributed by atoms with Crippen LogP contribution in [-0.2, 0) is 15.9 Å². The van der Waals surface area contributed by atoms with Crippen molar-refractivity contribution in [2.75, 3.05) is 37.8 Å². The number of rotatable bonds is 4. The Kier molecular flexibility index (Phi) is 10.6. The smallest absolute Gasteiger partial charge is 0.261 e. The zero-order valence-electron chi connectivity index (χ0n) is 26.0. The van der Waals surface area contributed by atoms with Crippen molar-refractivity contribution in [3.63, 3.8) is 0 Å². The van der Waals surface area contributed by atoms with E-state index in [2.05, 4.69) is 28.7 Å². The molecule has 2 fully saturated rings. The topological polar surface area (TPSA) is 80.3 Å². The Morgan fingerprint density at radius 2 is 1.86 bits per heavy atom. The van der Waals surface area contributed by atoms with Crippen LogP contribution in [0.3, 0.4) is 0 Å². The molecule has 0 spiro atoms. The Balaban J connectivity index is 1.35. The second kappa shape index (κ2) is 14.6. The van der Waals surface area contributed by atoms with Gasteiger partial charge in [0.1, 0.15) is 5.75 Å². The highest BCUT2D eigenvalue weighted by Crippen LogP contribution is 2.47. The van der Waals surface area contributed by atoms with Crippen LogP contribution in [0.1, 0.15) is 86.2 Å². The highest BCUT2D eigenvalue weighted by Gasteiger charge is 2.43.